The third kappa shape index (κ3) is 3.35. The first-order valence-electron chi connectivity index (χ1n) is 12.6. The topological polar surface area (TPSA) is 62.7 Å². The average Bonchev–Trinajstić information content (AvgIpc) is 3.16. The van der Waals surface area contributed by atoms with Gasteiger partial charge in [-0.2, -0.15) is 0 Å². The Balaban J connectivity index is 1.55. The molecule has 0 bridgehead atoms. The van der Waals surface area contributed by atoms with Gasteiger partial charge < -0.3 is 18.6 Å². The van der Waals surface area contributed by atoms with E-state index in [1.165, 1.54) is 0 Å². The van der Waals surface area contributed by atoms with Crippen molar-refractivity contribution in [3.8, 4) is 0 Å². The summed E-state index contributed by atoms with van der Waals surface area (Å²) in [6, 6.07) is 12.4. The summed E-state index contributed by atoms with van der Waals surface area (Å²) in [5, 5.41) is 4.08. The molecule has 0 aliphatic carbocycles. The van der Waals surface area contributed by atoms with Gasteiger partial charge in [-0.15, -0.1) is 0 Å². The molecule has 2 saturated heterocycles. The molecule has 6 nitrogen and oxygen atoms in total. The summed E-state index contributed by atoms with van der Waals surface area (Å²) in [5.41, 5.74) is 2.02. The molecular formula is C28H32B2N2O4. The molecule has 2 aliphatic heterocycles. The van der Waals surface area contributed by atoms with Crippen molar-refractivity contribution in [3.63, 3.8) is 0 Å². The molecule has 0 spiro atoms. The standard InChI is InChI=1S/C28H32B2N2O4/c1-25(2)26(3,4)34-29(33-25)20-13-15-31-23-18(20)11-9-17-10-12-19-21(14-16-32-24(19)22(17)23)30-35-27(5,6)28(7,8)36-30/h9-16H,1-8H3. The lowest BCUT2D eigenvalue weighted by atomic mass is 9.75. The van der Waals surface area contributed by atoms with Crippen molar-refractivity contribution in [2.24, 2.45) is 0 Å². The van der Waals surface area contributed by atoms with Crippen LogP contribution in [-0.4, -0.2) is 46.6 Å². The van der Waals surface area contributed by atoms with E-state index in [9.17, 15) is 0 Å². The van der Waals surface area contributed by atoms with Crippen LogP contribution in [0.15, 0.2) is 48.8 Å². The van der Waals surface area contributed by atoms with Gasteiger partial charge in [0.2, 0.25) is 0 Å². The molecule has 36 heavy (non-hydrogen) atoms. The monoisotopic (exact) mass is 482 g/mol. The molecule has 0 amide bonds. The fourth-order valence-electron chi connectivity index (χ4n) is 5.03. The van der Waals surface area contributed by atoms with Gasteiger partial charge in [-0.05, 0) is 83.8 Å². The molecule has 0 unspecified atom stereocenters. The van der Waals surface area contributed by atoms with Crippen LogP contribution in [-0.2, 0) is 18.6 Å². The fourth-order valence-corrected chi connectivity index (χ4v) is 5.03. The molecule has 8 heteroatoms. The van der Waals surface area contributed by atoms with Gasteiger partial charge in [-0.3, -0.25) is 9.97 Å². The minimum atomic E-state index is -0.471. The van der Waals surface area contributed by atoms with Gasteiger partial charge in [0.05, 0.1) is 33.4 Å². The van der Waals surface area contributed by atoms with Crippen LogP contribution in [0.2, 0.25) is 0 Å². The second-order valence-corrected chi connectivity index (χ2v) is 12.0. The third-order valence-electron chi connectivity index (χ3n) is 8.68. The zero-order valence-electron chi connectivity index (χ0n) is 22.3. The van der Waals surface area contributed by atoms with E-state index < -0.39 is 36.6 Å². The molecule has 184 valence electrons. The molecule has 0 saturated carbocycles. The van der Waals surface area contributed by atoms with Gasteiger partial charge in [0.1, 0.15) is 0 Å². The molecule has 6 rings (SSSR count). The van der Waals surface area contributed by atoms with E-state index in [1.807, 2.05) is 24.5 Å². The van der Waals surface area contributed by atoms with Crippen molar-refractivity contribution in [2.45, 2.75) is 77.8 Å². The first kappa shape index (κ1) is 23.9. The van der Waals surface area contributed by atoms with Gasteiger partial charge in [0.25, 0.3) is 0 Å². The molecular weight excluding hydrogens is 450 g/mol. The van der Waals surface area contributed by atoms with Crippen LogP contribution in [0, 0.1) is 0 Å². The largest absolute Gasteiger partial charge is 0.495 e. The van der Waals surface area contributed by atoms with Gasteiger partial charge in [0, 0.05) is 28.6 Å². The molecule has 2 aromatic heterocycles. The maximum Gasteiger partial charge on any atom is 0.495 e. The van der Waals surface area contributed by atoms with Crippen molar-refractivity contribution >= 4 is 57.7 Å². The lowest BCUT2D eigenvalue weighted by molar-refractivity contribution is 0.00578. The highest BCUT2D eigenvalue weighted by Gasteiger charge is 2.53. The van der Waals surface area contributed by atoms with Crippen molar-refractivity contribution in [3.05, 3.63) is 48.8 Å². The summed E-state index contributed by atoms with van der Waals surface area (Å²) in [4.78, 5) is 9.65. The highest BCUT2D eigenvalue weighted by molar-refractivity contribution is 6.66. The first-order valence-corrected chi connectivity index (χ1v) is 12.6. The lowest BCUT2D eigenvalue weighted by Crippen LogP contribution is -2.41. The second-order valence-electron chi connectivity index (χ2n) is 12.0. The molecule has 0 radical (unpaired) electrons. The number of aromatic nitrogens is 2. The van der Waals surface area contributed by atoms with Crippen LogP contribution in [0.25, 0.3) is 32.6 Å². The number of hydrogen-bond acceptors (Lipinski definition) is 6. The van der Waals surface area contributed by atoms with Crippen LogP contribution in [0.1, 0.15) is 55.4 Å². The molecule has 2 fully saturated rings. The van der Waals surface area contributed by atoms with E-state index in [0.717, 1.165) is 43.5 Å². The van der Waals surface area contributed by atoms with Crippen LogP contribution >= 0.6 is 0 Å². The SMILES string of the molecule is CC1(C)OB(c2ccnc3c2ccc2ccc4c(B5OC(C)(C)C(C)(C)O5)ccnc4c23)OC1(C)C. The third-order valence-corrected chi connectivity index (χ3v) is 8.68. The van der Waals surface area contributed by atoms with Gasteiger partial charge in [-0.1, -0.05) is 24.3 Å². The van der Waals surface area contributed by atoms with Crippen molar-refractivity contribution in [2.75, 3.05) is 0 Å². The van der Waals surface area contributed by atoms with Crippen LogP contribution < -0.4 is 10.9 Å². The maximum atomic E-state index is 6.38. The summed E-state index contributed by atoms with van der Waals surface area (Å²) in [6.45, 7) is 16.6. The van der Waals surface area contributed by atoms with Gasteiger partial charge in [0.15, 0.2) is 0 Å². The highest BCUT2D eigenvalue weighted by Crippen LogP contribution is 2.39. The van der Waals surface area contributed by atoms with E-state index in [1.54, 1.807) is 0 Å². The summed E-state index contributed by atoms with van der Waals surface area (Å²) in [5.74, 6) is 0. The van der Waals surface area contributed by atoms with E-state index >= 15 is 0 Å². The smallest absolute Gasteiger partial charge is 0.399 e. The minimum Gasteiger partial charge on any atom is -0.399 e. The Labute approximate surface area is 213 Å². The summed E-state index contributed by atoms with van der Waals surface area (Å²) in [6.07, 6.45) is 3.66. The molecule has 4 heterocycles. The van der Waals surface area contributed by atoms with Crippen molar-refractivity contribution in [1.29, 1.82) is 0 Å². The average molecular weight is 482 g/mol. The summed E-state index contributed by atoms with van der Waals surface area (Å²) in [7, 11) is -0.942. The Morgan fingerprint density at radius 3 is 1.25 bits per heavy atom. The molecule has 2 aromatic carbocycles. The van der Waals surface area contributed by atoms with Crippen molar-refractivity contribution < 1.29 is 18.6 Å². The molecule has 4 aromatic rings. The summed E-state index contributed by atoms with van der Waals surface area (Å²) < 4.78 is 25.5. The number of fused-ring (bicyclic) bond motifs is 5. The Morgan fingerprint density at radius 1 is 0.528 bits per heavy atom. The fraction of sp³-hybridized carbons (Fsp3) is 0.429. The Kier molecular flexibility index (Phi) is 4.98. The highest BCUT2D eigenvalue weighted by atomic mass is 16.7. The number of pyridine rings is 2. The molecule has 2 aliphatic rings. The quantitative estimate of drug-likeness (QED) is 0.309. The number of benzene rings is 2. The normalized spacial score (nSPS) is 22.2. The first-order chi connectivity index (χ1) is 16.8. The zero-order chi connectivity index (χ0) is 25.7. The van der Waals surface area contributed by atoms with Crippen molar-refractivity contribution in [1.82, 2.24) is 9.97 Å². The maximum absolute atomic E-state index is 6.38. The Bertz CT molecular complexity index is 1390. The number of hydrogen-bond donors (Lipinski definition) is 0. The van der Waals surface area contributed by atoms with E-state index in [0.29, 0.717) is 0 Å². The minimum absolute atomic E-state index is 0.421. The zero-order valence-corrected chi connectivity index (χ0v) is 22.3. The van der Waals surface area contributed by atoms with E-state index in [2.05, 4.69) is 79.7 Å². The predicted molar refractivity (Wildman–Crippen MR) is 146 cm³/mol. The predicted octanol–water partition coefficient (Wildman–Crippen LogP) is 4.53. The van der Waals surface area contributed by atoms with Gasteiger partial charge >= 0.3 is 14.2 Å². The number of rotatable bonds is 2. The Morgan fingerprint density at radius 2 is 0.889 bits per heavy atom. The second kappa shape index (κ2) is 7.51. The van der Waals surface area contributed by atoms with Gasteiger partial charge in [-0.25, -0.2) is 0 Å². The van der Waals surface area contributed by atoms with Crippen LogP contribution in [0.4, 0.5) is 0 Å². The molecule has 0 atom stereocenters. The van der Waals surface area contributed by atoms with Crippen LogP contribution in [0.3, 0.4) is 0 Å². The number of nitrogens with zero attached hydrogens (tertiary/aromatic N) is 2. The van der Waals surface area contributed by atoms with Crippen LogP contribution in [0.5, 0.6) is 0 Å². The lowest BCUT2D eigenvalue weighted by Gasteiger charge is -2.32. The molecule has 0 N–H and O–H groups in total. The Hall–Kier alpha value is -2.51. The van der Waals surface area contributed by atoms with E-state index in [-0.39, 0.29) is 0 Å². The summed E-state index contributed by atoms with van der Waals surface area (Å²) >= 11 is 0. The van der Waals surface area contributed by atoms with E-state index in [4.69, 9.17) is 28.6 Å².